The first kappa shape index (κ1) is 13.4. The van der Waals surface area contributed by atoms with E-state index in [0.29, 0.717) is 5.69 Å². The summed E-state index contributed by atoms with van der Waals surface area (Å²) in [5.41, 5.74) is 12.4. The summed E-state index contributed by atoms with van der Waals surface area (Å²) in [5, 5.41) is 4.63. The van der Waals surface area contributed by atoms with Gasteiger partial charge in [0.2, 0.25) is 0 Å². The molecule has 0 saturated heterocycles. The predicted octanol–water partition coefficient (Wildman–Crippen LogP) is 3.80. The number of aryl methyl sites for hydroxylation is 2. The molecular weight excluding hydrogens is 258 g/mol. The Kier molecular flexibility index (Phi) is 3.48. The summed E-state index contributed by atoms with van der Waals surface area (Å²) in [7, 11) is 0. The molecule has 2 aromatic carbocycles. The highest BCUT2D eigenvalue weighted by molar-refractivity contribution is 5.72. The predicted molar refractivity (Wildman–Crippen MR) is 87.1 cm³/mol. The number of nitrogen functional groups attached to an aromatic ring is 1. The summed E-state index contributed by atoms with van der Waals surface area (Å²) in [4.78, 5) is 0. The molecule has 0 bridgehead atoms. The number of nitrogens with zero attached hydrogens (tertiary/aromatic N) is 2. The molecule has 3 heteroatoms. The van der Waals surface area contributed by atoms with Crippen LogP contribution in [0.15, 0.2) is 54.7 Å². The molecular formula is C18H19N3. The second kappa shape index (κ2) is 5.44. The number of aromatic nitrogens is 2. The number of anilines is 1. The average molecular weight is 277 g/mol. The van der Waals surface area contributed by atoms with E-state index in [1.807, 2.05) is 23.0 Å². The van der Waals surface area contributed by atoms with Crippen LogP contribution in [0.5, 0.6) is 0 Å². The van der Waals surface area contributed by atoms with Gasteiger partial charge in [0.05, 0.1) is 12.2 Å². The van der Waals surface area contributed by atoms with Crippen molar-refractivity contribution < 1.29 is 0 Å². The molecule has 3 rings (SSSR count). The SMILES string of the molecule is Cc1ccc(Cn2cc(N)c(-c3cccc(C)c3)n2)cc1. The molecule has 3 nitrogen and oxygen atoms in total. The standard InChI is InChI=1S/C18H19N3/c1-13-6-8-15(9-7-13)11-21-12-17(19)18(20-21)16-5-3-4-14(2)10-16/h3-10,12H,11,19H2,1-2H3. The van der Waals surface area contributed by atoms with Gasteiger partial charge in [0.15, 0.2) is 0 Å². The minimum atomic E-state index is 0.715. The number of nitrogens with two attached hydrogens (primary N) is 1. The van der Waals surface area contributed by atoms with Gasteiger partial charge in [-0.3, -0.25) is 4.68 Å². The monoisotopic (exact) mass is 277 g/mol. The van der Waals surface area contributed by atoms with Crippen molar-refractivity contribution in [1.82, 2.24) is 9.78 Å². The lowest BCUT2D eigenvalue weighted by molar-refractivity contribution is 0.689. The molecule has 0 spiro atoms. The highest BCUT2D eigenvalue weighted by atomic mass is 15.3. The van der Waals surface area contributed by atoms with Gasteiger partial charge in [-0.25, -0.2) is 0 Å². The summed E-state index contributed by atoms with van der Waals surface area (Å²) in [6.07, 6.45) is 1.90. The molecule has 0 aliphatic carbocycles. The van der Waals surface area contributed by atoms with E-state index in [1.54, 1.807) is 0 Å². The van der Waals surface area contributed by atoms with E-state index in [1.165, 1.54) is 16.7 Å². The van der Waals surface area contributed by atoms with Crippen molar-refractivity contribution in [3.8, 4) is 11.3 Å². The van der Waals surface area contributed by atoms with Gasteiger partial charge in [0.1, 0.15) is 5.69 Å². The van der Waals surface area contributed by atoms with Crippen molar-refractivity contribution in [2.75, 3.05) is 5.73 Å². The Bertz CT molecular complexity index is 754. The molecule has 0 atom stereocenters. The number of hydrogen-bond acceptors (Lipinski definition) is 2. The van der Waals surface area contributed by atoms with Crippen molar-refractivity contribution in [1.29, 1.82) is 0 Å². The van der Waals surface area contributed by atoms with Crippen LogP contribution in [0, 0.1) is 13.8 Å². The molecule has 0 aliphatic rings. The Labute approximate surface area is 125 Å². The summed E-state index contributed by atoms with van der Waals surface area (Å²) in [5.74, 6) is 0. The molecule has 0 radical (unpaired) electrons. The second-order valence-electron chi connectivity index (χ2n) is 5.49. The Morgan fingerprint density at radius 2 is 1.76 bits per heavy atom. The van der Waals surface area contributed by atoms with Gasteiger partial charge in [0.25, 0.3) is 0 Å². The van der Waals surface area contributed by atoms with Crippen LogP contribution in [0.25, 0.3) is 11.3 Å². The van der Waals surface area contributed by atoms with Gasteiger partial charge in [-0.1, -0.05) is 53.6 Å². The van der Waals surface area contributed by atoms with Crippen LogP contribution in [-0.2, 0) is 6.54 Å². The molecule has 2 N–H and O–H groups in total. The first-order chi connectivity index (χ1) is 10.1. The maximum Gasteiger partial charge on any atom is 0.115 e. The zero-order valence-electron chi connectivity index (χ0n) is 12.4. The maximum atomic E-state index is 6.12. The highest BCUT2D eigenvalue weighted by Crippen LogP contribution is 2.25. The van der Waals surface area contributed by atoms with Gasteiger partial charge < -0.3 is 5.73 Å². The van der Waals surface area contributed by atoms with Gasteiger partial charge in [-0.05, 0) is 25.5 Å². The molecule has 1 heterocycles. The molecule has 21 heavy (non-hydrogen) atoms. The van der Waals surface area contributed by atoms with E-state index in [0.717, 1.165) is 17.8 Å². The lowest BCUT2D eigenvalue weighted by atomic mass is 10.1. The third kappa shape index (κ3) is 2.97. The fraction of sp³-hybridized carbons (Fsp3) is 0.167. The normalized spacial score (nSPS) is 10.8. The summed E-state index contributed by atoms with van der Waals surface area (Å²) in [6.45, 7) is 4.89. The van der Waals surface area contributed by atoms with Crippen LogP contribution in [-0.4, -0.2) is 9.78 Å². The smallest absolute Gasteiger partial charge is 0.115 e. The molecule has 0 fully saturated rings. The Morgan fingerprint density at radius 3 is 2.48 bits per heavy atom. The highest BCUT2D eigenvalue weighted by Gasteiger charge is 2.09. The molecule has 1 aromatic heterocycles. The second-order valence-corrected chi connectivity index (χ2v) is 5.49. The largest absolute Gasteiger partial charge is 0.396 e. The average Bonchev–Trinajstić information content (AvgIpc) is 2.82. The van der Waals surface area contributed by atoms with Gasteiger partial charge in [-0.2, -0.15) is 5.10 Å². The van der Waals surface area contributed by atoms with E-state index < -0.39 is 0 Å². The van der Waals surface area contributed by atoms with Gasteiger partial charge >= 0.3 is 0 Å². The molecule has 0 amide bonds. The molecule has 106 valence electrons. The van der Waals surface area contributed by atoms with Crippen molar-refractivity contribution in [2.45, 2.75) is 20.4 Å². The van der Waals surface area contributed by atoms with Gasteiger partial charge in [-0.15, -0.1) is 0 Å². The first-order valence-electron chi connectivity index (χ1n) is 7.07. The quantitative estimate of drug-likeness (QED) is 0.791. The molecule has 3 aromatic rings. The minimum absolute atomic E-state index is 0.715. The van der Waals surface area contributed by atoms with E-state index in [4.69, 9.17) is 5.73 Å². The van der Waals surface area contributed by atoms with E-state index >= 15 is 0 Å². The van der Waals surface area contributed by atoms with Crippen molar-refractivity contribution >= 4 is 5.69 Å². The van der Waals surface area contributed by atoms with E-state index in [-0.39, 0.29) is 0 Å². The van der Waals surface area contributed by atoms with Crippen LogP contribution in [0.4, 0.5) is 5.69 Å². The maximum absolute atomic E-state index is 6.12. The van der Waals surface area contributed by atoms with Crippen LogP contribution < -0.4 is 5.73 Å². The lowest BCUT2D eigenvalue weighted by Crippen LogP contribution is -2.00. The zero-order chi connectivity index (χ0) is 14.8. The molecule has 0 unspecified atom stereocenters. The van der Waals surface area contributed by atoms with Crippen LogP contribution in [0.3, 0.4) is 0 Å². The number of benzene rings is 2. The van der Waals surface area contributed by atoms with Crippen molar-refractivity contribution in [3.05, 3.63) is 71.4 Å². The number of hydrogen-bond donors (Lipinski definition) is 1. The van der Waals surface area contributed by atoms with E-state index in [2.05, 4.69) is 55.3 Å². The van der Waals surface area contributed by atoms with Crippen LogP contribution in [0.2, 0.25) is 0 Å². The Balaban J connectivity index is 1.89. The summed E-state index contributed by atoms with van der Waals surface area (Å²) < 4.78 is 1.90. The molecule has 0 saturated carbocycles. The molecule has 0 aliphatic heterocycles. The summed E-state index contributed by atoms with van der Waals surface area (Å²) in [6, 6.07) is 16.7. The first-order valence-corrected chi connectivity index (χ1v) is 7.07. The third-order valence-electron chi connectivity index (χ3n) is 3.55. The summed E-state index contributed by atoms with van der Waals surface area (Å²) >= 11 is 0. The fourth-order valence-electron chi connectivity index (χ4n) is 2.42. The Morgan fingerprint density at radius 1 is 1.00 bits per heavy atom. The third-order valence-corrected chi connectivity index (χ3v) is 3.55. The van der Waals surface area contributed by atoms with E-state index in [9.17, 15) is 0 Å². The van der Waals surface area contributed by atoms with Crippen molar-refractivity contribution in [2.24, 2.45) is 0 Å². The van der Waals surface area contributed by atoms with Crippen molar-refractivity contribution in [3.63, 3.8) is 0 Å². The zero-order valence-corrected chi connectivity index (χ0v) is 12.4. The van der Waals surface area contributed by atoms with Crippen LogP contribution in [0.1, 0.15) is 16.7 Å². The number of rotatable bonds is 3. The van der Waals surface area contributed by atoms with Gasteiger partial charge in [0, 0.05) is 11.8 Å². The fourth-order valence-corrected chi connectivity index (χ4v) is 2.42. The Hall–Kier alpha value is -2.55. The minimum Gasteiger partial charge on any atom is -0.396 e. The lowest BCUT2D eigenvalue weighted by Gasteiger charge is -2.03. The van der Waals surface area contributed by atoms with Crippen LogP contribution >= 0.6 is 0 Å². The topological polar surface area (TPSA) is 43.8 Å².